The predicted octanol–water partition coefficient (Wildman–Crippen LogP) is 1.63. The maximum Gasteiger partial charge on any atom is 0.410 e. The van der Waals surface area contributed by atoms with Gasteiger partial charge in [0.2, 0.25) is 5.91 Å². The highest BCUT2D eigenvalue weighted by atomic mass is 16.6. The molecule has 3 saturated heterocycles. The first kappa shape index (κ1) is 20.4. The first-order valence-electron chi connectivity index (χ1n) is 10.6. The summed E-state index contributed by atoms with van der Waals surface area (Å²) in [6.45, 7) is 10.9. The molecule has 27 heavy (non-hydrogen) atoms. The maximum atomic E-state index is 12.7. The van der Waals surface area contributed by atoms with Crippen LogP contribution in [-0.2, 0) is 9.53 Å². The number of piperidine rings is 1. The molecule has 0 radical (unpaired) electrons. The minimum absolute atomic E-state index is 0.176. The molecule has 0 saturated carbocycles. The van der Waals surface area contributed by atoms with Gasteiger partial charge in [0.25, 0.3) is 0 Å². The van der Waals surface area contributed by atoms with Crippen molar-refractivity contribution in [2.45, 2.75) is 57.6 Å². The number of nitrogens with zero attached hydrogens (tertiary/aromatic N) is 4. The Kier molecular flexibility index (Phi) is 6.63. The van der Waals surface area contributed by atoms with Crippen LogP contribution < -0.4 is 0 Å². The van der Waals surface area contributed by atoms with Crippen molar-refractivity contribution in [2.24, 2.45) is 0 Å². The number of likely N-dealkylation sites (tertiary alicyclic amines) is 1. The van der Waals surface area contributed by atoms with E-state index in [1.54, 1.807) is 0 Å². The molecular weight excluding hydrogens is 344 g/mol. The first-order chi connectivity index (χ1) is 12.9. The van der Waals surface area contributed by atoms with E-state index in [1.165, 1.54) is 0 Å². The van der Waals surface area contributed by atoms with Gasteiger partial charge in [0.1, 0.15) is 5.60 Å². The normalized spacial score (nSPS) is 25.5. The van der Waals surface area contributed by atoms with Crippen LogP contribution in [0.3, 0.4) is 0 Å². The number of hydrogen-bond donors (Lipinski definition) is 0. The Morgan fingerprint density at radius 3 is 2.59 bits per heavy atom. The zero-order valence-electron chi connectivity index (χ0n) is 17.3. The van der Waals surface area contributed by atoms with Crippen molar-refractivity contribution >= 4 is 12.0 Å². The summed E-state index contributed by atoms with van der Waals surface area (Å²) in [6, 6.07) is 0.225. The molecule has 0 aromatic carbocycles. The van der Waals surface area contributed by atoms with Gasteiger partial charge in [-0.05, 0) is 39.9 Å². The number of carbonyl (C=O) groups excluding carboxylic acids is 2. The average molecular weight is 381 g/mol. The number of hydrogen-bond acceptors (Lipinski definition) is 5. The van der Waals surface area contributed by atoms with Crippen molar-refractivity contribution in [3.05, 3.63) is 0 Å². The van der Waals surface area contributed by atoms with Gasteiger partial charge >= 0.3 is 6.09 Å². The molecule has 3 fully saturated rings. The zero-order chi connectivity index (χ0) is 19.4. The molecule has 3 rings (SSSR count). The van der Waals surface area contributed by atoms with E-state index >= 15 is 0 Å². The van der Waals surface area contributed by atoms with Crippen LogP contribution in [0.2, 0.25) is 0 Å². The third-order valence-electron chi connectivity index (χ3n) is 6.43. The number of rotatable bonds is 5. The van der Waals surface area contributed by atoms with Gasteiger partial charge in [-0.15, -0.1) is 0 Å². The zero-order valence-corrected chi connectivity index (χ0v) is 17.3. The molecule has 1 atom stereocenters. The lowest BCUT2D eigenvalue weighted by Crippen LogP contribution is -2.51. The minimum Gasteiger partial charge on any atom is -0.441 e. The first-order valence-corrected chi connectivity index (χ1v) is 10.6. The summed E-state index contributed by atoms with van der Waals surface area (Å²) in [5.41, 5.74) is -0.388. The number of likely N-dealkylation sites (N-methyl/N-ethyl adjacent to an activating group) is 1. The van der Waals surface area contributed by atoms with Gasteiger partial charge in [-0.1, -0.05) is 13.3 Å². The molecule has 154 valence electrons. The molecule has 2 amide bonds. The highest BCUT2D eigenvalue weighted by Gasteiger charge is 2.48. The van der Waals surface area contributed by atoms with Gasteiger partial charge in [-0.3, -0.25) is 9.69 Å². The number of amides is 2. The van der Waals surface area contributed by atoms with Crippen LogP contribution in [0, 0.1) is 0 Å². The van der Waals surface area contributed by atoms with E-state index in [0.29, 0.717) is 26.2 Å². The molecule has 1 spiro atoms. The van der Waals surface area contributed by atoms with Crippen LogP contribution >= 0.6 is 0 Å². The second kappa shape index (κ2) is 8.78. The third-order valence-corrected chi connectivity index (χ3v) is 6.43. The summed E-state index contributed by atoms with van der Waals surface area (Å²) >= 11 is 0. The van der Waals surface area contributed by atoms with Crippen molar-refractivity contribution in [3.8, 4) is 0 Å². The smallest absolute Gasteiger partial charge is 0.410 e. The summed E-state index contributed by atoms with van der Waals surface area (Å²) in [4.78, 5) is 33.5. The molecule has 0 N–H and O–H groups in total. The molecule has 7 heteroatoms. The van der Waals surface area contributed by atoms with Crippen molar-refractivity contribution < 1.29 is 14.3 Å². The van der Waals surface area contributed by atoms with Gasteiger partial charge in [0, 0.05) is 45.1 Å². The Morgan fingerprint density at radius 2 is 1.89 bits per heavy atom. The van der Waals surface area contributed by atoms with E-state index in [1.807, 2.05) is 9.80 Å². The molecule has 0 bridgehead atoms. The van der Waals surface area contributed by atoms with Crippen molar-refractivity contribution in [1.82, 2.24) is 19.6 Å². The van der Waals surface area contributed by atoms with E-state index in [-0.39, 0.29) is 23.6 Å². The SMILES string of the molecule is CCC[C@@H](C)N1CC2(CCN(C(=O)CN3CCCN(C)CC3)CC2)OC1=O. The molecule has 3 aliphatic rings. The molecular formula is C20H36N4O3. The lowest BCUT2D eigenvalue weighted by molar-refractivity contribution is -0.135. The number of ether oxygens (including phenoxy) is 1. The standard InChI is InChI=1S/C20H36N4O3/c1-4-6-17(2)24-16-20(27-19(24)26)7-11-23(12-8-20)18(25)15-22-10-5-9-21(3)13-14-22/h17H,4-16H2,1-3H3/t17-/m1/s1. The Morgan fingerprint density at radius 1 is 1.15 bits per heavy atom. The average Bonchev–Trinajstić information content (AvgIpc) is 2.81. The van der Waals surface area contributed by atoms with Crippen molar-refractivity contribution in [1.29, 1.82) is 0 Å². The number of carbonyl (C=O) groups is 2. The van der Waals surface area contributed by atoms with E-state index in [2.05, 4.69) is 30.7 Å². The van der Waals surface area contributed by atoms with Gasteiger partial charge in [-0.25, -0.2) is 4.79 Å². The Labute approximate surface area is 163 Å². The molecule has 0 aromatic heterocycles. The highest BCUT2D eigenvalue weighted by molar-refractivity contribution is 5.78. The molecule has 0 aliphatic carbocycles. The quantitative estimate of drug-likeness (QED) is 0.726. The Balaban J connectivity index is 1.48. The summed E-state index contributed by atoms with van der Waals surface area (Å²) in [7, 11) is 2.14. The lowest BCUT2D eigenvalue weighted by Gasteiger charge is -2.38. The Bertz CT molecular complexity index is 533. The van der Waals surface area contributed by atoms with E-state index in [4.69, 9.17) is 4.74 Å². The van der Waals surface area contributed by atoms with E-state index in [9.17, 15) is 9.59 Å². The van der Waals surface area contributed by atoms with Crippen LogP contribution in [0.1, 0.15) is 46.0 Å². The largest absolute Gasteiger partial charge is 0.441 e. The Hall–Kier alpha value is -1.34. The topological polar surface area (TPSA) is 56.3 Å². The fraction of sp³-hybridized carbons (Fsp3) is 0.900. The molecule has 0 aromatic rings. The minimum atomic E-state index is -0.388. The summed E-state index contributed by atoms with van der Waals surface area (Å²) in [5, 5.41) is 0. The summed E-state index contributed by atoms with van der Waals surface area (Å²) < 4.78 is 5.81. The molecule has 7 nitrogen and oxygen atoms in total. The fourth-order valence-corrected chi connectivity index (χ4v) is 4.53. The predicted molar refractivity (Wildman–Crippen MR) is 105 cm³/mol. The lowest BCUT2D eigenvalue weighted by atomic mass is 9.91. The van der Waals surface area contributed by atoms with Crippen LogP contribution in [0.25, 0.3) is 0 Å². The van der Waals surface area contributed by atoms with Crippen LogP contribution in [0.15, 0.2) is 0 Å². The summed E-state index contributed by atoms with van der Waals surface area (Å²) in [6.07, 6.45) is 4.51. The second-order valence-electron chi connectivity index (χ2n) is 8.63. The summed E-state index contributed by atoms with van der Waals surface area (Å²) in [5.74, 6) is 0.218. The van der Waals surface area contributed by atoms with Gasteiger partial charge < -0.3 is 19.4 Å². The van der Waals surface area contributed by atoms with Crippen LogP contribution in [0.4, 0.5) is 4.79 Å². The van der Waals surface area contributed by atoms with Gasteiger partial charge in [0.05, 0.1) is 13.1 Å². The van der Waals surface area contributed by atoms with E-state index < -0.39 is 0 Å². The van der Waals surface area contributed by atoms with E-state index in [0.717, 1.165) is 58.3 Å². The van der Waals surface area contributed by atoms with Crippen molar-refractivity contribution in [2.75, 3.05) is 59.4 Å². The molecule has 0 unspecified atom stereocenters. The van der Waals surface area contributed by atoms with Gasteiger partial charge in [0.15, 0.2) is 0 Å². The molecule has 3 aliphatic heterocycles. The fourth-order valence-electron chi connectivity index (χ4n) is 4.53. The molecule has 3 heterocycles. The second-order valence-corrected chi connectivity index (χ2v) is 8.63. The maximum absolute atomic E-state index is 12.7. The monoisotopic (exact) mass is 380 g/mol. The van der Waals surface area contributed by atoms with Crippen LogP contribution in [-0.4, -0.2) is 103 Å². The van der Waals surface area contributed by atoms with Gasteiger partial charge in [-0.2, -0.15) is 0 Å². The van der Waals surface area contributed by atoms with Crippen molar-refractivity contribution in [3.63, 3.8) is 0 Å². The van der Waals surface area contributed by atoms with Crippen LogP contribution in [0.5, 0.6) is 0 Å². The highest BCUT2D eigenvalue weighted by Crippen LogP contribution is 2.34. The third kappa shape index (κ3) is 4.93.